The van der Waals surface area contributed by atoms with Crippen molar-refractivity contribution in [1.29, 1.82) is 0 Å². The number of nitrogens with one attached hydrogen (secondary N) is 2. The molecule has 1 saturated carbocycles. The van der Waals surface area contributed by atoms with Gasteiger partial charge in [0.25, 0.3) is 5.91 Å². The molecule has 2 N–H and O–H groups in total. The fourth-order valence-corrected chi connectivity index (χ4v) is 3.24. The number of rotatable bonds is 5. The fourth-order valence-electron chi connectivity index (χ4n) is 3.24. The third-order valence-electron chi connectivity index (χ3n) is 4.61. The topological polar surface area (TPSA) is 54.0 Å². The molecule has 1 aliphatic rings. The van der Waals surface area contributed by atoms with Gasteiger partial charge in [0.1, 0.15) is 5.69 Å². The van der Waals surface area contributed by atoms with Gasteiger partial charge in [0, 0.05) is 23.6 Å². The lowest BCUT2D eigenvalue weighted by molar-refractivity contribution is 0.0922. The highest BCUT2D eigenvalue weighted by Crippen LogP contribution is 2.22. The Morgan fingerprint density at radius 3 is 2.75 bits per heavy atom. The fraction of sp³-hybridized carbons (Fsp3) is 0.400. The number of benzene rings is 1. The molecule has 1 aromatic heterocycles. The zero-order chi connectivity index (χ0) is 16.8. The number of carbonyl (C=O) groups excluding carboxylic acids is 1. The highest BCUT2D eigenvalue weighted by molar-refractivity contribution is 5.93. The van der Waals surface area contributed by atoms with Gasteiger partial charge < -0.3 is 10.6 Å². The van der Waals surface area contributed by atoms with Gasteiger partial charge in [-0.2, -0.15) is 0 Å². The second kappa shape index (κ2) is 7.95. The summed E-state index contributed by atoms with van der Waals surface area (Å²) in [5, 5.41) is 6.52. The van der Waals surface area contributed by atoms with E-state index in [-0.39, 0.29) is 5.91 Å². The number of pyridine rings is 1. The van der Waals surface area contributed by atoms with E-state index in [9.17, 15) is 4.79 Å². The van der Waals surface area contributed by atoms with E-state index in [1.165, 1.54) is 24.8 Å². The van der Waals surface area contributed by atoms with Crippen molar-refractivity contribution in [2.24, 2.45) is 0 Å². The Balaban J connectivity index is 1.70. The van der Waals surface area contributed by atoms with E-state index in [1.54, 1.807) is 6.20 Å². The van der Waals surface area contributed by atoms with Crippen molar-refractivity contribution in [3.63, 3.8) is 0 Å². The standard InChI is InChI=1S/C20H25N3O/c1-2-15-8-6-7-11-18(15)22-17-12-13-21-19(14-17)20(24)23-16-9-4-3-5-10-16/h6-8,11-14,16H,2-5,9-10H2,1H3,(H,21,22)(H,23,24). The molecule has 0 bridgehead atoms. The molecule has 1 fully saturated rings. The van der Waals surface area contributed by atoms with Gasteiger partial charge in [0.05, 0.1) is 0 Å². The van der Waals surface area contributed by atoms with Crippen LogP contribution in [-0.4, -0.2) is 16.9 Å². The molecule has 2 aromatic rings. The Kier molecular flexibility index (Phi) is 5.47. The summed E-state index contributed by atoms with van der Waals surface area (Å²) in [6, 6.07) is 12.2. The number of anilines is 2. The third-order valence-corrected chi connectivity index (χ3v) is 4.61. The van der Waals surface area contributed by atoms with Gasteiger partial charge in [-0.15, -0.1) is 0 Å². The molecular weight excluding hydrogens is 298 g/mol. The van der Waals surface area contributed by atoms with Crippen LogP contribution in [0, 0.1) is 0 Å². The molecule has 0 radical (unpaired) electrons. The van der Waals surface area contributed by atoms with Crippen LogP contribution in [0.15, 0.2) is 42.6 Å². The predicted molar refractivity (Wildman–Crippen MR) is 97.7 cm³/mol. The lowest BCUT2D eigenvalue weighted by Crippen LogP contribution is -2.36. The van der Waals surface area contributed by atoms with Crippen LogP contribution in [0.3, 0.4) is 0 Å². The number of aryl methyl sites for hydroxylation is 1. The van der Waals surface area contributed by atoms with E-state index in [1.807, 2.05) is 24.3 Å². The SMILES string of the molecule is CCc1ccccc1Nc1ccnc(C(=O)NC2CCCCC2)c1. The number of aromatic nitrogens is 1. The third kappa shape index (κ3) is 4.13. The van der Waals surface area contributed by atoms with Crippen molar-refractivity contribution >= 4 is 17.3 Å². The molecule has 3 rings (SSSR count). The Morgan fingerprint density at radius 1 is 1.17 bits per heavy atom. The van der Waals surface area contributed by atoms with E-state index in [0.717, 1.165) is 30.6 Å². The molecule has 1 aromatic carbocycles. The van der Waals surface area contributed by atoms with Crippen molar-refractivity contribution in [3.8, 4) is 0 Å². The monoisotopic (exact) mass is 323 g/mol. The van der Waals surface area contributed by atoms with E-state index < -0.39 is 0 Å². The predicted octanol–water partition coefficient (Wildman–Crippen LogP) is 4.45. The summed E-state index contributed by atoms with van der Waals surface area (Å²) >= 11 is 0. The van der Waals surface area contributed by atoms with Crippen LogP contribution in [0.1, 0.15) is 55.1 Å². The lowest BCUT2D eigenvalue weighted by Gasteiger charge is -2.22. The van der Waals surface area contributed by atoms with E-state index >= 15 is 0 Å². The number of para-hydroxylation sites is 1. The second-order valence-electron chi connectivity index (χ2n) is 6.37. The molecule has 126 valence electrons. The lowest BCUT2D eigenvalue weighted by atomic mass is 9.95. The number of amides is 1. The Labute approximate surface area is 143 Å². The zero-order valence-electron chi connectivity index (χ0n) is 14.2. The van der Waals surface area contributed by atoms with Crippen LogP contribution in [0.5, 0.6) is 0 Å². The highest BCUT2D eigenvalue weighted by atomic mass is 16.1. The first kappa shape index (κ1) is 16.5. The molecular formula is C20H25N3O. The van der Waals surface area contributed by atoms with Gasteiger partial charge in [-0.25, -0.2) is 0 Å². The highest BCUT2D eigenvalue weighted by Gasteiger charge is 2.17. The van der Waals surface area contributed by atoms with Crippen LogP contribution in [0.2, 0.25) is 0 Å². The Bertz CT molecular complexity index is 693. The number of hydrogen-bond acceptors (Lipinski definition) is 3. The quantitative estimate of drug-likeness (QED) is 0.854. The van der Waals surface area contributed by atoms with Gasteiger partial charge in [-0.3, -0.25) is 9.78 Å². The van der Waals surface area contributed by atoms with Gasteiger partial charge >= 0.3 is 0 Å². The van der Waals surface area contributed by atoms with Gasteiger partial charge in [-0.1, -0.05) is 44.4 Å². The minimum atomic E-state index is -0.0747. The summed E-state index contributed by atoms with van der Waals surface area (Å²) in [6.45, 7) is 2.14. The van der Waals surface area contributed by atoms with Gasteiger partial charge in [0.2, 0.25) is 0 Å². The van der Waals surface area contributed by atoms with E-state index in [0.29, 0.717) is 11.7 Å². The molecule has 1 aliphatic carbocycles. The maximum absolute atomic E-state index is 12.4. The normalized spacial score (nSPS) is 15.0. The zero-order valence-corrected chi connectivity index (χ0v) is 14.2. The minimum absolute atomic E-state index is 0.0747. The van der Waals surface area contributed by atoms with Crippen LogP contribution in [0.25, 0.3) is 0 Å². The Morgan fingerprint density at radius 2 is 1.96 bits per heavy atom. The van der Waals surface area contributed by atoms with Crippen molar-refractivity contribution in [1.82, 2.24) is 10.3 Å². The summed E-state index contributed by atoms with van der Waals surface area (Å²) < 4.78 is 0. The second-order valence-corrected chi connectivity index (χ2v) is 6.37. The number of nitrogens with zero attached hydrogens (tertiary/aromatic N) is 1. The minimum Gasteiger partial charge on any atom is -0.355 e. The van der Waals surface area contributed by atoms with Crippen molar-refractivity contribution < 1.29 is 4.79 Å². The molecule has 0 atom stereocenters. The summed E-state index contributed by atoms with van der Waals surface area (Å²) in [5.74, 6) is -0.0747. The van der Waals surface area contributed by atoms with Gasteiger partial charge in [0.15, 0.2) is 0 Å². The van der Waals surface area contributed by atoms with E-state index in [2.05, 4.69) is 34.7 Å². The number of carbonyl (C=O) groups is 1. The average molecular weight is 323 g/mol. The maximum atomic E-state index is 12.4. The maximum Gasteiger partial charge on any atom is 0.270 e. The molecule has 0 saturated heterocycles. The summed E-state index contributed by atoms with van der Waals surface area (Å²) in [5.41, 5.74) is 3.69. The first-order chi connectivity index (χ1) is 11.8. The molecule has 4 heteroatoms. The van der Waals surface area contributed by atoms with E-state index in [4.69, 9.17) is 0 Å². The van der Waals surface area contributed by atoms with Gasteiger partial charge in [-0.05, 0) is 43.0 Å². The van der Waals surface area contributed by atoms with Crippen LogP contribution in [0.4, 0.5) is 11.4 Å². The molecule has 0 aliphatic heterocycles. The molecule has 0 spiro atoms. The first-order valence-corrected chi connectivity index (χ1v) is 8.88. The average Bonchev–Trinajstić information content (AvgIpc) is 2.63. The summed E-state index contributed by atoms with van der Waals surface area (Å²) in [7, 11) is 0. The van der Waals surface area contributed by atoms with Crippen LogP contribution < -0.4 is 10.6 Å². The smallest absolute Gasteiger partial charge is 0.270 e. The molecule has 1 amide bonds. The largest absolute Gasteiger partial charge is 0.355 e. The van der Waals surface area contributed by atoms with Crippen molar-refractivity contribution in [2.45, 2.75) is 51.5 Å². The molecule has 24 heavy (non-hydrogen) atoms. The number of hydrogen-bond donors (Lipinski definition) is 2. The van der Waals surface area contributed by atoms with Crippen molar-refractivity contribution in [3.05, 3.63) is 53.9 Å². The molecule has 0 unspecified atom stereocenters. The first-order valence-electron chi connectivity index (χ1n) is 8.88. The molecule has 1 heterocycles. The molecule has 4 nitrogen and oxygen atoms in total. The van der Waals surface area contributed by atoms with Crippen LogP contribution >= 0.6 is 0 Å². The Hall–Kier alpha value is -2.36. The van der Waals surface area contributed by atoms with Crippen molar-refractivity contribution in [2.75, 3.05) is 5.32 Å². The summed E-state index contributed by atoms with van der Waals surface area (Å²) in [6.07, 6.45) is 8.49. The summed E-state index contributed by atoms with van der Waals surface area (Å²) in [4.78, 5) is 16.7. The van der Waals surface area contributed by atoms with Crippen LogP contribution in [-0.2, 0) is 6.42 Å².